The summed E-state index contributed by atoms with van der Waals surface area (Å²) in [6.07, 6.45) is 3.89. The van der Waals surface area contributed by atoms with Gasteiger partial charge in [0.2, 0.25) is 0 Å². The number of aromatic nitrogens is 4. The van der Waals surface area contributed by atoms with Gasteiger partial charge in [0.1, 0.15) is 17.0 Å². The molecule has 2 aromatic carbocycles. The number of nitrogens with two attached hydrogens (primary N) is 1. The van der Waals surface area contributed by atoms with Gasteiger partial charge in [-0.1, -0.05) is 42.5 Å². The third-order valence-electron chi connectivity index (χ3n) is 6.42. The molecule has 40 heavy (non-hydrogen) atoms. The summed E-state index contributed by atoms with van der Waals surface area (Å²) in [5.41, 5.74) is 13.5. The van der Waals surface area contributed by atoms with E-state index in [0.29, 0.717) is 11.3 Å². The van der Waals surface area contributed by atoms with Gasteiger partial charge in [-0.05, 0) is 50.5 Å². The van der Waals surface area contributed by atoms with Crippen molar-refractivity contribution in [1.82, 2.24) is 23.7 Å². The first-order valence-corrected chi connectivity index (χ1v) is 13.1. The molecule has 6 rings (SSSR count). The number of rotatable bonds is 6. The lowest BCUT2D eigenvalue weighted by molar-refractivity contribution is -0.384. The predicted octanol–water partition coefficient (Wildman–Crippen LogP) is 6.29. The summed E-state index contributed by atoms with van der Waals surface area (Å²) in [5, 5.41) is 11.1. The van der Waals surface area contributed by atoms with E-state index in [1.54, 1.807) is 18.2 Å². The fraction of sp³-hybridized carbons (Fsp3) is 0.133. The van der Waals surface area contributed by atoms with E-state index < -0.39 is 4.92 Å². The SMILES string of the molecule is CN(C)Cc1c(-c2ccccc2N)nc2ccccn12.O=[N+]([O-])c1ccccc1-c1nc2ccccn2c1CCl. The molecule has 10 heteroatoms. The number of para-hydroxylation sites is 2. The average Bonchev–Trinajstić information content (AvgIpc) is 3.51. The molecule has 0 saturated heterocycles. The summed E-state index contributed by atoms with van der Waals surface area (Å²) in [5.74, 6) is 0.229. The molecule has 4 aromatic heterocycles. The van der Waals surface area contributed by atoms with Crippen molar-refractivity contribution in [2.75, 3.05) is 19.8 Å². The number of fused-ring (bicyclic) bond motifs is 2. The lowest BCUT2D eigenvalue weighted by atomic mass is 10.1. The zero-order chi connectivity index (χ0) is 28.2. The minimum Gasteiger partial charge on any atom is -0.398 e. The van der Waals surface area contributed by atoms with Crippen molar-refractivity contribution in [2.24, 2.45) is 0 Å². The second-order valence-corrected chi connectivity index (χ2v) is 9.67. The third kappa shape index (κ3) is 5.25. The van der Waals surface area contributed by atoms with Crippen molar-refractivity contribution in [3.8, 4) is 22.5 Å². The lowest BCUT2D eigenvalue weighted by Crippen LogP contribution is -2.13. The van der Waals surface area contributed by atoms with E-state index in [2.05, 4.69) is 28.4 Å². The van der Waals surface area contributed by atoms with Crippen LogP contribution >= 0.6 is 11.6 Å². The van der Waals surface area contributed by atoms with Crippen LogP contribution in [-0.4, -0.2) is 42.7 Å². The molecule has 0 aliphatic heterocycles. The van der Waals surface area contributed by atoms with Gasteiger partial charge >= 0.3 is 0 Å². The number of hydrogen-bond donors (Lipinski definition) is 1. The Bertz CT molecular complexity index is 1810. The molecule has 2 N–H and O–H groups in total. The van der Waals surface area contributed by atoms with Crippen LogP contribution in [0, 0.1) is 10.1 Å². The number of alkyl halides is 1. The number of halogens is 1. The Morgan fingerprint density at radius 1 is 0.800 bits per heavy atom. The van der Waals surface area contributed by atoms with Gasteiger partial charge in [-0.2, -0.15) is 0 Å². The van der Waals surface area contributed by atoms with Crippen molar-refractivity contribution in [3.05, 3.63) is 119 Å². The van der Waals surface area contributed by atoms with E-state index in [4.69, 9.17) is 22.3 Å². The van der Waals surface area contributed by atoms with Crippen LogP contribution in [0.5, 0.6) is 0 Å². The molecule has 0 amide bonds. The second kappa shape index (κ2) is 11.6. The van der Waals surface area contributed by atoms with Crippen LogP contribution in [0.2, 0.25) is 0 Å². The number of nitro groups is 1. The largest absolute Gasteiger partial charge is 0.398 e. The summed E-state index contributed by atoms with van der Waals surface area (Å²) < 4.78 is 3.97. The van der Waals surface area contributed by atoms with Crippen LogP contribution in [0.15, 0.2) is 97.3 Å². The monoisotopic (exact) mass is 553 g/mol. The molecule has 0 radical (unpaired) electrons. The second-order valence-electron chi connectivity index (χ2n) is 9.40. The van der Waals surface area contributed by atoms with Gasteiger partial charge in [0, 0.05) is 36.3 Å². The number of nitrogen functional groups attached to an aromatic ring is 1. The first-order chi connectivity index (χ1) is 19.4. The van der Waals surface area contributed by atoms with Crippen molar-refractivity contribution >= 4 is 34.3 Å². The highest BCUT2D eigenvalue weighted by molar-refractivity contribution is 6.17. The predicted molar refractivity (Wildman–Crippen MR) is 159 cm³/mol. The normalized spacial score (nSPS) is 11.1. The summed E-state index contributed by atoms with van der Waals surface area (Å²) >= 11 is 6.00. The van der Waals surface area contributed by atoms with E-state index in [9.17, 15) is 10.1 Å². The highest BCUT2D eigenvalue weighted by atomic mass is 35.5. The Morgan fingerprint density at radius 3 is 1.90 bits per heavy atom. The molecule has 6 aromatic rings. The highest BCUT2D eigenvalue weighted by Gasteiger charge is 2.21. The third-order valence-corrected chi connectivity index (χ3v) is 6.68. The zero-order valence-electron chi connectivity index (χ0n) is 22.1. The van der Waals surface area contributed by atoms with Gasteiger partial charge in [0.05, 0.1) is 33.4 Å². The molecule has 0 unspecified atom stereocenters. The number of pyridine rings is 2. The Labute approximate surface area is 236 Å². The van der Waals surface area contributed by atoms with Crippen LogP contribution in [0.3, 0.4) is 0 Å². The van der Waals surface area contributed by atoms with Crippen LogP contribution in [0.4, 0.5) is 11.4 Å². The minimum atomic E-state index is -0.405. The van der Waals surface area contributed by atoms with Crippen molar-refractivity contribution in [1.29, 1.82) is 0 Å². The minimum absolute atomic E-state index is 0.0299. The van der Waals surface area contributed by atoms with Gasteiger partial charge in [-0.25, -0.2) is 9.97 Å². The maximum Gasteiger partial charge on any atom is 0.278 e. The molecule has 0 saturated carbocycles. The number of anilines is 1. The molecule has 0 aliphatic rings. The lowest BCUT2D eigenvalue weighted by Gasteiger charge is -2.12. The van der Waals surface area contributed by atoms with E-state index in [1.807, 2.05) is 77.5 Å². The molecular weight excluding hydrogens is 526 g/mol. The van der Waals surface area contributed by atoms with E-state index >= 15 is 0 Å². The van der Waals surface area contributed by atoms with Gasteiger partial charge in [-0.15, -0.1) is 11.6 Å². The summed E-state index contributed by atoms with van der Waals surface area (Å²) in [6, 6.07) is 26.0. The van der Waals surface area contributed by atoms with Crippen molar-refractivity contribution < 1.29 is 4.92 Å². The number of nitrogens with zero attached hydrogens (tertiary/aromatic N) is 6. The topological polar surface area (TPSA) is 107 Å². The standard InChI is InChI=1S/C16H18N4.C14H10ClN3O2/c1-19(2)11-14-16(12-7-3-4-8-13(12)17)18-15-9-5-6-10-20(14)15;15-9-12-14(16-13-7-3-4-8-17(12)13)10-5-1-2-6-11(10)18(19)20/h3-10H,11,17H2,1-2H3;1-8H,9H2. The Morgan fingerprint density at radius 2 is 1.32 bits per heavy atom. The highest BCUT2D eigenvalue weighted by Crippen LogP contribution is 2.33. The van der Waals surface area contributed by atoms with Crippen LogP contribution in [-0.2, 0) is 12.4 Å². The smallest absolute Gasteiger partial charge is 0.278 e. The maximum atomic E-state index is 11.1. The fourth-order valence-electron chi connectivity index (χ4n) is 4.65. The summed E-state index contributed by atoms with van der Waals surface area (Å²) in [7, 11) is 4.11. The molecule has 4 heterocycles. The molecule has 0 atom stereocenters. The zero-order valence-corrected chi connectivity index (χ0v) is 22.9. The van der Waals surface area contributed by atoms with Gasteiger partial charge < -0.3 is 19.4 Å². The number of hydrogen-bond acceptors (Lipinski definition) is 6. The molecule has 0 spiro atoms. The molecule has 0 bridgehead atoms. The van der Waals surface area contributed by atoms with E-state index in [0.717, 1.165) is 46.2 Å². The van der Waals surface area contributed by atoms with Crippen LogP contribution in [0.25, 0.3) is 33.8 Å². The number of benzene rings is 2. The number of nitro benzene ring substituents is 1. The van der Waals surface area contributed by atoms with Crippen molar-refractivity contribution in [3.63, 3.8) is 0 Å². The molecule has 202 valence electrons. The van der Waals surface area contributed by atoms with Gasteiger partial charge in [0.15, 0.2) is 0 Å². The van der Waals surface area contributed by atoms with Gasteiger partial charge in [0.25, 0.3) is 5.69 Å². The molecule has 9 nitrogen and oxygen atoms in total. The van der Waals surface area contributed by atoms with E-state index in [-0.39, 0.29) is 11.6 Å². The first-order valence-electron chi connectivity index (χ1n) is 12.6. The van der Waals surface area contributed by atoms with Crippen LogP contribution in [0.1, 0.15) is 11.4 Å². The Kier molecular flexibility index (Phi) is 7.77. The van der Waals surface area contributed by atoms with Crippen molar-refractivity contribution in [2.45, 2.75) is 12.4 Å². The van der Waals surface area contributed by atoms with Crippen LogP contribution < -0.4 is 5.73 Å². The number of imidazole rings is 2. The van der Waals surface area contributed by atoms with Gasteiger partial charge in [-0.3, -0.25) is 10.1 Å². The Hall–Kier alpha value is -4.73. The molecular formula is C30H28ClN7O2. The molecule has 0 aliphatic carbocycles. The quantitative estimate of drug-likeness (QED) is 0.112. The fourth-order valence-corrected chi connectivity index (χ4v) is 4.90. The van der Waals surface area contributed by atoms with E-state index in [1.165, 1.54) is 6.07 Å². The Balaban J connectivity index is 0.000000161. The summed E-state index contributed by atoms with van der Waals surface area (Å²) in [6.45, 7) is 0.814. The first kappa shape index (κ1) is 26.9. The summed E-state index contributed by atoms with van der Waals surface area (Å²) in [4.78, 5) is 22.1. The molecule has 0 fully saturated rings. The average molecular weight is 554 g/mol. The maximum absolute atomic E-state index is 11.1.